The Kier molecular flexibility index (Phi) is 10.2. The van der Waals surface area contributed by atoms with Crippen molar-refractivity contribution in [2.75, 3.05) is 27.4 Å². The van der Waals surface area contributed by atoms with Crippen LogP contribution in [0.3, 0.4) is 0 Å². The molecule has 0 bridgehead atoms. The van der Waals surface area contributed by atoms with Crippen LogP contribution in [0.4, 0.5) is 0 Å². The molecular weight excluding hydrogens is 544 g/mol. The number of carbonyl (C=O) groups is 3. The van der Waals surface area contributed by atoms with Gasteiger partial charge in [-0.05, 0) is 41.0 Å². The van der Waals surface area contributed by atoms with Crippen LogP contribution in [0.5, 0.6) is 11.5 Å². The van der Waals surface area contributed by atoms with Crippen molar-refractivity contribution >= 4 is 17.9 Å². The minimum absolute atomic E-state index is 0.0379. The second kappa shape index (κ2) is 14.0. The van der Waals surface area contributed by atoms with Crippen LogP contribution in [0.25, 0.3) is 0 Å². The molecule has 0 aromatic heterocycles. The van der Waals surface area contributed by atoms with E-state index in [0.29, 0.717) is 11.5 Å². The summed E-state index contributed by atoms with van der Waals surface area (Å²) in [4.78, 5) is 35.1. The zero-order chi connectivity index (χ0) is 30.1. The minimum Gasteiger partial charge on any atom is -0.497 e. The Morgan fingerprint density at radius 3 is 1.88 bits per heavy atom. The van der Waals surface area contributed by atoms with Crippen LogP contribution >= 0.6 is 0 Å². The summed E-state index contributed by atoms with van der Waals surface area (Å²) in [6.45, 7) is 1.08. The quantitative estimate of drug-likeness (QED) is 0.234. The van der Waals surface area contributed by atoms with Crippen molar-refractivity contribution in [1.82, 2.24) is 0 Å². The molecule has 3 atom stereocenters. The maximum Gasteiger partial charge on any atom is 0.306 e. The Hall–Kier alpha value is -4.41. The number of hydrogen-bond acceptors (Lipinski definition) is 9. The molecule has 1 aliphatic heterocycles. The Morgan fingerprint density at radius 2 is 1.38 bits per heavy atom. The average molecular weight is 579 g/mol. The van der Waals surface area contributed by atoms with Gasteiger partial charge in [0, 0.05) is 6.92 Å². The third kappa shape index (κ3) is 7.07. The van der Waals surface area contributed by atoms with Crippen LogP contribution in [0.2, 0.25) is 0 Å². The maximum atomic E-state index is 12.2. The van der Waals surface area contributed by atoms with E-state index in [1.807, 2.05) is 78.9 Å². The monoisotopic (exact) mass is 578 g/mol. The van der Waals surface area contributed by atoms with E-state index in [9.17, 15) is 14.4 Å². The molecule has 1 fully saturated rings. The summed E-state index contributed by atoms with van der Waals surface area (Å²) in [5.41, 5.74) is 1.18. The number of carboxylic acids is 1. The normalized spacial score (nSPS) is 18.2. The molecular formula is C32H34O10. The van der Waals surface area contributed by atoms with Crippen molar-refractivity contribution in [3.05, 3.63) is 95.6 Å². The van der Waals surface area contributed by atoms with Crippen LogP contribution < -0.4 is 9.47 Å². The minimum atomic E-state index is -1.20. The topological polar surface area (TPSA) is 127 Å². The van der Waals surface area contributed by atoms with Crippen molar-refractivity contribution < 1.29 is 47.9 Å². The van der Waals surface area contributed by atoms with Gasteiger partial charge in [-0.25, -0.2) is 0 Å². The lowest BCUT2D eigenvalue weighted by atomic mass is 9.79. The number of aliphatic carboxylic acids is 1. The molecule has 0 aliphatic carbocycles. The van der Waals surface area contributed by atoms with Gasteiger partial charge in [0.25, 0.3) is 0 Å². The lowest BCUT2D eigenvalue weighted by molar-refractivity contribution is -0.164. The van der Waals surface area contributed by atoms with E-state index in [1.54, 1.807) is 14.2 Å². The fraction of sp³-hybridized carbons (Fsp3) is 0.344. The molecule has 0 saturated carbocycles. The zero-order valence-corrected chi connectivity index (χ0v) is 23.7. The highest BCUT2D eigenvalue weighted by Crippen LogP contribution is 2.44. The fourth-order valence-corrected chi connectivity index (χ4v) is 4.95. The summed E-state index contributed by atoms with van der Waals surface area (Å²) in [5, 5.41) is 8.85. The van der Waals surface area contributed by atoms with Gasteiger partial charge in [0.1, 0.15) is 35.9 Å². The second-order valence-corrected chi connectivity index (χ2v) is 9.68. The van der Waals surface area contributed by atoms with Gasteiger partial charge in [-0.1, -0.05) is 54.6 Å². The van der Waals surface area contributed by atoms with Gasteiger partial charge >= 0.3 is 17.9 Å². The molecule has 1 N–H and O–H groups in total. The standard InChI is InChI=1S/C32H34O10/c1-21(33)41-31-27(19-40-30(36)18-17-29(34)35)39-20-28(31)42-32(22-7-5-4-6-8-22,23-9-13-25(37-2)14-10-23)24-11-15-26(38-3)16-12-24/h4-16,27-28,31H,17-20H2,1-3H3,(H,34,35). The van der Waals surface area contributed by atoms with Gasteiger partial charge in [0.2, 0.25) is 0 Å². The van der Waals surface area contributed by atoms with Gasteiger partial charge in [0.05, 0.1) is 33.7 Å². The summed E-state index contributed by atoms with van der Waals surface area (Å²) >= 11 is 0. The number of methoxy groups -OCH3 is 2. The number of carboxylic acid groups (broad SMARTS) is 1. The molecule has 3 unspecified atom stereocenters. The smallest absolute Gasteiger partial charge is 0.306 e. The van der Waals surface area contributed by atoms with E-state index in [4.69, 9.17) is 33.5 Å². The van der Waals surface area contributed by atoms with Gasteiger partial charge < -0.3 is 33.5 Å². The molecule has 3 aromatic carbocycles. The van der Waals surface area contributed by atoms with E-state index < -0.39 is 41.8 Å². The van der Waals surface area contributed by atoms with Crippen molar-refractivity contribution in [3.8, 4) is 11.5 Å². The summed E-state index contributed by atoms with van der Waals surface area (Å²) in [7, 11) is 3.18. The number of ether oxygens (including phenoxy) is 6. The predicted molar refractivity (Wildman–Crippen MR) is 150 cm³/mol. The van der Waals surface area contributed by atoms with Gasteiger partial charge in [0.15, 0.2) is 6.10 Å². The van der Waals surface area contributed by atoms with Gasteiger partial charge in [-0.2, -0.15) is 0 Å². The molecule has 10 heteroatoms. The third-order valence-electron chi connectivity index (χ3n) is 6.96. The zero-order valence-electron chi connectivity index (χ0n) is 23.7. The molecule has 42 heavy (non-hydrogen) atoms. The van der Waals surface area contributed by atoms with Crippen molar-refractivity contribution in [1.29, 1.82) is 0 Å². The van der Waals surface area contributed by atoms with Crippen LogP contribution in [0.1, 0.15) is 36.5 Å². The van der Waals surface area contributed by atoms with E-state index in [2.05, 4.69) is 0 Å². The number of carbonyl (C=O) groups excluding carboxylic acids is 2. The first-order valence-electron chi connectivity index (χ1n) is 13.5. The first-order valence-corrected chi connectivity index (χ1v) is 13.5. The number of benzene rings is 3. The highest BCUT2D eigenvalue weighted by atomic mass is 16.6. The van der Waals surface area contributed by atoms with Crippen molar-refractivity contribution in [2.24, 2.45) is 0 Å². The molecule has 3 aromatic rings. The molecule has 1 aliphatic rings. The van der Waals surface area contributed by atoms with E-state index in [1.165, 1.54) is 6.92 Å². The average Bonchev–Trinajstić information content (AvgIpc) is 3.38. The molecule has 222 valence electrons. The van der Waals surface area contributed by atoms with Crippen LogP contribution in [-0.2, 0) is 38.9 Å². The lowest BCUT2D eigenvalue weighted by Crippen LogP contribution is -2.45. The molecule has 0 amide bonds. The van der Waals surface area contributed by atoms with Gasteiger partial charge in [-0.3, -0.25) is 14.4 Å². The Balaban J connectivity index is 1.75. The molecule has 10 nitrogen and oxygen atoms in total. The number of rotatable bonds is 13. The summed E-state index contributed by atoms with van der Waals surface area (Å²) < 4.78 is 34.7. The van der Waals surface area contributed by atoms with E-state index in [0.717, 1.165) is 16.7 Å². The predicted octanol–water partition coefficient (Wildman–Crippen LogP) is 4.12. The lowest BCUT2D eigenvalue weighted by Gasteiger charge is -2.39. The number of hydrogen-bond donors (Lipinski definition) is 1. The Morgan fingerprint density at radius 1 is 0.833 bits per heavy atom. The first kappa shape index (κ1) is 30.5. The third-order valence-corrected chi connectivity index (χ3v) is 6.96. The van der Waals surface area contributed by atoms with Crippen LogP contribution in [0.15, 0.2) is 78.9 Å². The largest absolute Gasteiger partial charge is 0.497 e. The fourth-order valence-electron chi connectivity index (χ4n) is 4.95. The van der Waals surface area contributed by atoms with Crippen LogP contribution in [-0.4, -0.2) is 68.8 Å². The molecule has 0 spiro atoms. The molecule has 4 rings (SSSR count). The summed E-state index contributed by atoms with van der Waals surface area (Å²) in [6, 6.07) is 24.6. The maximum absolute atomic E-state index is 12.2. The van der Waals surface area contributed by atoms with Crippen molar-refractivity contribution in [3.63, 3.8) is 0 Å². The summed E-state index contributed by atoms with van der Waals surface area (Å²) in [5.74, 6) is -1.02. The Labute approximate surface area is 244 Å². The Bertz CT molecular complexity index is 1290. The van der Waals surface area contributed by atoms with E-state index >= 15 is 0 Å². The second-order valence-electron chi connectivity index (χ2n) is 9.68. The first-order chi connectivity index (χ1) is 20.3. The highest BCUT2D eigenvalue weighted by Gasteiger charge is 2.48. The summed E-state index contributed by atoms with van der Waals surface area (Å²) in [6.07, 6.45) is -3.16. The number of esters is 2. The van der Waals surface area contributed by atoms with Crippen molar-refractivity contribution in [2.45, 2.75) is 43.7 Å². The van der Waals surface area contributed by atoms with E-state index in [-0.39, 0.29) is 26.1 Å². The molecule has 0 radical (unpaired) electrons. The molecule has 1 heterocycles. The highest BCUT2D eigenvalue weighted by molar-refractivity contribution is 5.76. The SMILES string of the molecule is COc1ccc(C(OC2COC(COC(=O)CCC(=O)O)C2OC(C)=O)(c2ccccc2)c2ccc(OC)cc2)cc1. The van der Waals surface area contributed by atoms with Gasteiger partial charge in [-0.15, -0.1) is 0 Å². The van der Waals surface area contributed by atoms with Crippen LogP contribution in [0, 0.1) is 0 Å². The molecule has 1 saturated heterocycles.